The Hall–Kier alpha value is -3.67. The van der Waals surface area contributed by atoms with E-state index >= 15 is 0 Å². The molecule has 0 aliphatic carbocycles. The number of nitrogens with one attached hydrogen (secondary N) is 1. The van der Waals surface area contributed by atoms with Crippen LogP contribution in [-0.4, -0.2) is 35.4 Å². The first-order chi connectivity index (χ1) is 15.2. The van der Waals surface area contributed by atoms with Crippen LogP contribution in [0.2, 0.25) is 0 Å². The van der Waals surface area contributed by atoms with Crippen LogP contribution in [0.3, 0.4) is 0 Å². The molecule has 1 heterocycles. The van der Waals surface area contributed by atoms with Crippen LogP contribution in [0.25, 0.3) is 5.69 Å². The van der Waals surface area contributed by atoms with Crippen LogP contribution in [0.4, 0.5) is 0 Å². The summed E-state index contributed by atoms with van der Waals surface area (Å²) in [5, 5.41) is 2.52. The number of rotatable bonds is 7. The summed E-state index contributed by atoms with van der Waals surface area (Å²) in [6.07, 6.45) is 0. The van der Waals surface area contributed by atoms with Gasteiger partial charge in [0.2, 0.25) is 5.78 Å². The minimum atomic E-state index is -0.664. The van der Waals surface area contributed by atoms with Crippen molar-refractivity contribution in [3.8, 4) is 5.69 Å². The molecule has 6 nitrogen and oxygen atoms in total. The number of carbonyl (C=O) groups excluding carboxylic acids is 3. The van der Waals surface area contributed by atoms with Crippen LogP contribution >= 0.6 is 0 Å². The third-order valence-corrected chi connectivity index (χ3v) is 5.23. The van der Waals surface area contributed by atoms with E-state index in [1.807, 2.05) is 51.3 Å². The van der Waals surface area contributed by atoms with Crippen molar-refractivity contribution in [2.75, 3.05) is 13.2 Å². The maximum absolute atomic E-state index is 12.7. The quantitative estimate of drug-likeness (QED) is 0.449. The molecule has 3 rings (SSSR count). The van der Waals surface area contributed by atoms with Gasteiger partial charge in [0.1, 0.15) is 6.54 Å². The number of nitrogens with zero attached hydrogens (tertiary/aromatic N) is 1. The van der Waals surface area contributed by atoms with Crippen LogP contribution in [0.5, 0.6) is 0 Å². The predicted octanol–water partition coefficient (Wildman–Crippen LogP) is 4.18. The van der Waals surface area contributed by atoms with Crippen molar-refractivity contribution < 1.29 is 19.1 Å². The molecule has 0 atom stereocenters. The van der Waals surface area contributed by atoms with Gasteiger partial charge in [0, 0.05) is 28.2 Å². The molecule has 1 amide bonds. The number of aromatic nitrogens is 1. The van der Waals surface area contributed by atoms with Crippen molar-refractivity contribution in [1.82, 2.24) is 9.88 Å². The van der Waals surface area contributed by atoms with Gasteiger partial charge in [0.25, 0.3) is 5.91 Å². The van der Waals surface area contributed by atoms with Gasteiger partial charge in [-0.1, -0.05) is 23.8 Å². The second-order valence-corrected chi connectivity index (χ2v) is 8.10. The lowest BCUT2D eigenvalue weighted by Gasteiger charge is -2.12. The van der Waals surface area contributed by atoms with Crippen molar-refractivity contribution in [2.45, 2.75) is 34.6 Å². The van der Waals surface area contributed by atoms with Gasteiger partial charge >= 0.3 is 5.97 Å². The first-order valence-corrected chi connectivity index (χ1v) is 10.5. The molecular formula is C26H28N2O4. The number of Topliss-reactive ketones (excluding diaryl/α,β-unsaturated/α-hetero) is 1. The van der Waals surface area contributed by atoms with Crippen molar-refractivity contribution in [3.63, 3.8) is 0 Å². The number of hydrogen-bond acceptors (Lipinski definition) is 4. The van der Waals surface area contributed by atoms with Gasteiger partial charge in [-0.15, -0.1) is 0 Å². The van der Waals surface area contributed by atoms with E-state index in [0.29, 0.717) is 11.1 Å². The van der Waals surface area contributed by atoms with Crippen LogP contribution in [0, 0.1) is 34.6 Å². The number of amides is 1. The Balaban J connectivity index is 1.61. The molecule has 1 aromatic heterocycles. The molecule has 0 bridgehead atoms. The summed E-state index contributed by atoms with van der Waals surface area (Å²) >= 11 is 0. The Morgan fingerprint density at radius 3 is 2.22 bits per heavy atom. The Morgan fingerprint density at radius 1 is 0.875 bits per heavy atom. The fourth-order valence-electron chi connectivity index (χ4n) is 3.84. The Morgan fingerprint density at radius 2 is 1.56 bits per heavy atom. The lowest BCUT2D eigenvalue weighted by atomic mass is 10.1. The van der Waals surface area contributed by atoms with Crippen LogP contribution < -0.4 is 5.32 Å². The van der Waals surface area contributed by atoms with E-state index in [4.69, 9.17) is 4.74 Å². The zero-order valence-corrected chi connectivity index (χ0v) is 19.1. The van der Waals surface area contributed by atoms with Crippen molar-refractivity contribution >= 4 is 17.7 Å². The standard InChI is InChI=1S/C26H28N2O4/c1-16-7-6-8-21(10-16)26(31)27-14-25(30)32-15-24(29)23-13-19(4)28(20(23)5)22-11-17(2)9-18(3)12-22/h6-13H,14-15H2,1-5H3,(H,27,31). The fraction of sp³-hybridized carbons (Fsp3) is 0.269. The van der Waals surface area contributed by atoms with Crippen LogP contribution in [0.15, 0.2) is 48.5 Å². The predicted molar refractivity (Wildman–Crippen MR) is 124 cm³/mol. The summed E-state index contributed by atoms with van der Waals surface area (Å²) in [6, 6.07) is 15.1. The summed E-state index contributed by atoms with van der Waals surface area (Å²) in [4.78, 5) is 36.9. The van der Waals surface area contributed by atoms with E-state index in [9.17, 15) is 14.4 Å². The zero-order chi connectivity index (χ0) is 23.4. The maximum Gasteiger partial charge on any atom is 0.325 e. The van der Waals surface area contributed by atoms with Gasteiger partial charge < -0.3 is 14.6 Å². The summed E-state index contributed by atoms with van der Waals surface area (Å²) in [7, 11) is 0. The molecule has 1 N–H and O–H groups in total. The normalized spacial score (nSPS) is 10.7. The van der Waals surface area contributed by atoms with Gasteiger partial charge in [-0.25, -0.2) is 0 Å². The van der Waals surface area contributed by atoms with Crippen molar-refractivity contribution in [3.05, 3.63) is 87.7 Å². The second-order valence-electron chi connectivity index (χ2n) is 8.10. The zero-order valence-electron chi connectivity index (χ0n) is 19.1. The molecule has 3 aromatic rings. The molecule has 2 aromatic carbocycles. The van der Waals surface area contributed by atoms with Crippen LogP contribution in [-0.2, 0) is 9.53 Å². The van der Waals surface area contributed by atoms with E-state index in [2.05, 4.69) is 23.5 Å². The summed E-state index contributed by atoms with van der Waals surface area (Å²) in [6.45, 7) is 9.09. The van der Waals surface area contributed by atoms with E-state index in [-0.39, 0.29) is 24.8 Å². The number of benzene rings is 2. The average molecular weight is 433 g/mol. The molecule has 0 fully saturated rings. The fourth-order valence-corrected chi connectivity index (χ4v) is 3.84. The van der Waals surface area contributed by atoms with Crippen molar-refractivity contribution in [2.24, 2.45) is 0 Å². The van der Waals surface area contributed by atoms with Gasteiger partial charge in [0.15, 0.2) is 6.61 Å². The largest absolute Gasteiger partial charge is 0.456 e. The highest BCUT2D eigenvalue weighted by Crippen LogP contribution is 2.23. The number of carbonyl (C=O) groups is 3. The van der Waals surface area contributed by atoms with Crippen LogP contribution in [0.1, 0.15) is 48.8 Å². The summed E-state index contributed by atoms with van der Waals surface area (Å²) in [5.74, 6) is -1.32. The van der Waals surface area contributed by atoms with Gasteiger partial charge in [-0.2, -0.15) is 0 Å². The Bertz CT molecular complexity index is 1170. The number of ketones is 1. The molecule has 0 saturated heterocycles. The molecular weight excluding hydrogens is 404 g/mol. The maximum atomic E-state index is 12.7. The number of aryl methyl sites for hydroxylation is 4. The topological polar surface area (TPSA) is 77.4 Å². The van der Waals surface area contributed by atoms with E-state index in [1.165, 1.54) is 0 Å². The highest BCUT2D eigenvalue weighted by molar-refractivity contribution is 6.00. The third-order valence-electron chi connectivity index (χ3n) is 5.23. The molecule has 0 aliphatic heterocycles. The Labute approximate surface area is 188 Å². The summed E-state index contributed by atoms with van der Waals surface area (Å²) in [5.41, 5.74) is 6.92. The Kier molecular flexibility index (Phi) is 6.93. The third kappa shape index (κ3) is 5.32. The summed E-state index contributed by atoms with van der Waals surface area (Å²) < 4.78 is 7.13. The molecule has 0 aliphatic rings. The van der Waals surface area contributed by atoms with E-state index < -0.39 is 5.97 Å². The molecule has 0 saturated carbocycles. The number of ether oxygens (including phenoxy) is 1. The van der Waals surface area contributed by atoms with Gasteiger partial charge in [-0.05, 0) is 76.1 Å². The van der Waals surface area contributed by atoms with Gasteiger partial charge in [-0.3, -0.25) is 14.4 Å². The minimum Gasteiger partial charge on any atom is -0.456 e. The highest BCUT2D eigenvalue weighted by Gasteiger charge is 2.19. The first-order valence-electron chi connectivity index (χ1n) is 10.5. The molecule has 6 heteroatoms. The minimum absolute atomic E-state index is 0.285. The lowest BCUT2D eigenvalue weighted by molar-refractivity contribution is -0.141. The molecule has 166 valence electrons. The number of hydrogen-bond donors (Lipinski definition) is 1. The molecule has 0 radical (unpaired) electrons. The first kappa shape index (κ1) is 23.0. The molecule has 32 heavy (non-hydrogen) atoms. The molecule has 0 spiro atoms. The lowest BCUT2D eigenvalue weighted by Crippen LogP contribution is -2.31. The van der Waals surface area contributed by atoms with E-state index in [0.717, 1.165) is 33.8 Å². The van der Waals surface area contributed by atoms with Crippen molar-refractivity contribution in [1.29, 1.82) is 0 Å². The smallest absolute Gasteiger partial charge is 0.325 e. The highest BCUT2D eigenvalue weighted by atomic mass is 16.5. The number of esters is 1. The average Bonchev–Trinajstić information content (AvgIpc) is 3.03. The van der Waals surface area contributed by atoms with E-state index in [1.54, 1.807) is 18.2 Å². The SMILES string of the molecule is Cc1cccc(C(=O)NCC(=O)OCC(=O)c2cc(C)n(-c3cc(C)cc(C)c3)c2C)c1. The monoisotopic (exact) mass is 432 g/mol. The second kappa shape index (κ2) is 9.64. The molecule has 0 unspecified atom stereocenters. The van der Waals surface area contributed by atoms with Gasteiger partial charge in [0.05, 0.1) is 0 Å².